The van der Waals surface area contributed by atoms with Crippen molar-refractivity contribution in [3.05, 3.63) is 53.9 Å². The Labute approximate surface area is 140 Å². The van der Waals surface area contributed by atoms with Gasteiger partial charge in [0.2, 0.25) is 0 Å². The normalized spacial score (nSPS) is 12.6. The zero-order chi connectivity index (χ0) is 17.9. The molecule has 0 fully saturated rings. The largest absolute Gasteiger partial charge is 0.467 e. The first kappa shape index (κ1) is 16.8. The molecule has 0 amide bonds. The van der Waals surface area contributed by atoms with Crippen LogP contribution in [0, 0.1) is 0 Å². The van der Waals surface area contributed by atoms with Crippen LogP contribution in [-0.4, -0.2) is 27.6 Å². The van der Waals surface area contributed by atoms with Gasteiger partial charge in [0.05, 0.1) is 24.9 Å². The third kappa shape index (κ3) is 3.90. The van der Waals surface area contributed by atoms with Gasteiger partial charge in [-0.05, 0) is 24.3 Å². The fourth-order valence-corrected chi connectivity index (χ4v) is 2.19. The van der Waals surface area contributed by atoms with Gasteiger partial charge in [0, 0.05) is 13.2 Å². The van der Waals surface area contributed by atoms with E-state index in [2.05, 4.69) is 25.8 Å². The van der Waals surface area contributed by atoms with Crippen LogP contribution in [0.1, 0.15) is 17.1 Å². The van der Waals surface area contributed by atoms with Crippen molar-refractivity contribution in [2.45, 2.75) is 19.3 Å². The maximum Gasteiger partial charge on any atom is 0.417 e. The number of halogens is 3. The van der Waals surface area contributed by atoms with Gasteiger partial charge in [0.15, 0.2) is 17.4 Å². The van der Waals surface area contributed by atoms with Crippen LogP contribution in [0.15, 0.2) is 46.1 Å². The second-order valence-corrected chi connectivity index (χ2v) is 5.12. The fourth-order valence-electron chi connectivity index (χ4n) is 2.19. The highest BCUT2D eigenvalue weighted by molar-refractivity contribution is 5.79. The van der Waals surface area contributed by atoms with Crippen LogP contribution in [0.4, 0.5) is 13.2 Å². The zero-order valence-corrected chi connectivity index (χ0v) is 13.2. The Morgan fingerprint density at radius 1 is 1.20 bits per heavy atom. The number of guanidine groups is 1. The van der Waals surface area contributed by atoms with E-state index in [4.69, 9.17) is 4.42 Å². The highest BCUT2D eigenvalue weighted by atomic mass is 19.4. The van der Waals surface area contributed by atoms with Crippen LogP contribution in [0.25, 0.3) is 5.65 Å². The molecule has 3 aromatic rings. The first-order chi connectivity index (χ1) is 12.0. The van der Waals surface area contributed by atoms with E-state index in [1.54, 1.807) is 19.4 Å². The number of pyridine rings is 1. The van der Waals surface area contributed by atoms with Crippen molar-refractivity contribution in [2.75, 3.05) is 7.05 Å². The minimum absolute atomic E-state index is 0.153. The molecule has 0 saturated heterocycles. The van der Waals surface area contributed by atoms with Gasteiger partial charge in [-0.1, -0.05) is 0 Å². The highest BCUT2D eigenvalue weighted by Crippen LogP contribution is 2.29. The minimum atomic E-state index is -4.43. The van der Waals surface area contributed by atoms with Crippen molar-refractivity contribution in [2.24, 2.45) is 4.99 Å². The van der Waals surface area contributed by atoms with E-state index in [9.17, 15) is 13.2 Å². The molecule has 0 aliphatic heterocycles. The summed E-state index contributed by atoms with van der Waals surface area (Å²) < 4.78 is 45.1. The molecule has 0 unspecified atom stereocenters. The molecule has 3 aromatic heterocycles. The van der Waals surface area contributed by atoms with Gasteiger partial charge in [-0.3, -0.25) is 9.39 Å². The number of hydrogen-bond donors (Lipinski definition) is 2. The van der Waals surface area contributed by atoms with Crippen molar-refractivity contribution in [3.63, 3.8) is 0 Å². The quantitative estimate of drug-likeness (QED) is 0.556. The Morgan fingerprint density at radius 3 is 2.68 bits per heavy atom. The van der Waals surface area contributed by atoms with Crippen LogP contribution in [0.3, 0.4) is 0 Å². The molecule has 0 radical (unpaired) electrons. The fraction of sp³-hybridized carbons (Fsp3) is 0.267. The number of rotatable bonds is 4. The Balaban J connectivity index is 1.69. The summed E-state index contributed by atoms with van der Waals surface area (Å²) in [5.74, 6) is 1.52. The molecule has 0 atom stereocenters. The lowest BCUT2D eigenvalue weighted by Gasteiger charge is -2.11. The van der Waals surface area contributed by atoms with Crippen LogP contribution < -0.4 is 10.6 Å². The van der Waals surface area contributed by atoms with E-state index >= 15 is 0 Å². The van der Waals surface area contributed by atoms with Gasteiger partial charge in [0.25, 0.3) is 0 Å². The molecule has 2 N–H and O–H groups in total. The Morgan fingerprint density at radius 2 is 2.00 bits per heavy atom. The van der Waals surface area contributed by atoms with Crippen molar-refractivity contribution in [1.29, 1.82) is 0 Å². The van der Waals surface area contributed by atoms with Crippen LogP contribution in [0.2, 0.25) is 0 Å². The smallest absolute Gasteiger partial charge is 0.417 e. The summed E-state index contributed by atoms with van der Waals surface area (Å²) in [7, 11) is 1.58. The summed E-state index contributed by atoms with van der Waals surface area (Å²) >= 11 is 0. The first-order valence-electron chi connectivity index (χ1n) is 7.35. The number of nitrogens with zero attached hydrogens (tertiary/aromatic N) is 4. The highest BCUT2D eigenvalue weighted by Gasteiger charge is 2.31. The Bertz CT molecular complexity index is 869. The lowest BCUT2D eigenvalue weighted by molar-refractivity contribution is -0.137. The summed E-state index contributed by atoms with van der Waals surface area (Å²) in [5, 5.41) is 13.8. The van der Waals surface area contributed by atoms with Crippen molar-refractivity contribution >= 4 is 11.6 Å². The lowest BCUT2D eigenvalue weighted by atomic mass is 10.3. The van der Waals surface area contributed by atoms with Crippen LogP contribution >= 0.6 is 0 Å². The summed E-state index contributed by atoms with van der Waals surface area (Å²) in [4.78, 5) is 4.04. The predicted molar refractivity (Wildman–Crippen MR) is 83.7 cm³/mol. The van der Waals surface area contributed by atoms with Gasteiger partial charge in [-0.15, -0.1) is 10.2 Å². The van der Waals surface area contributed by atoms with Crippen LogP contribution in [-0.2, 0) is 19.3 Å². The standard InChI is InChI=1S/C15H15F3N6O/c1-19-14(20-7-11-3-2-6-25-11)21-8-13-23-22-12-5-4-10(9-24(12)13)15(16,17)18/h2-6,9H,7-8H2,1H3,(H2,19,20,21). The van der Waals surface area contributed by atoms with E-state index in [1.807, 2.05) is 6.07 Å². The second-order valence-electron chi connectivity index (χ2n) is 5.12. The number of alkyl halides is 3. The van der Waals surface area contributed by atoms with E-state index in [-0.39, 0.29) is 6.54 Å². The van der Waals surface area contributed by atoms with Gasteiger partial charge >= 0.3 is 6.18 Å². The summed E-state index contributed by atoms with van der Waals surface area (Å²) in [5.41, 5.74) is -0.426. The van der Waals surface area contributed by atoms with Crippen LogP contribution in [0.5, 0.6) is 0 Å². The molecule has 3 rings (SSSR count). The van der Waals surface area contributed by atoms with Crippen molar-refractivity contribution < 1.29 is 17.6 Å². The molecular weight excluding hydrogens is 337 g/mol. The molecule has 3 heterocycles. The second kappa shape index (κ2) is 6.83. The molecule has 10 heteroatoms. The van der Waals surface area contributed by atoms with E-state index < -0.39 is 11.7 Å². The topological polar surface area (TPSA) is 79.8 Å². The maximum atomic E-state index is 12.8. The SMILES string of the molecule is CN=C(NCc1ccco1)NCc1nnc2ccc(C(F)(F)F)cn12. The molecule has 0 aliphatic rings. The zero-order valence-electron chi connectivity index (χ0n) is 13.2. The van der Waals surface area contributed by atoms with Gasteiger partial charge in [-0.2, -0.15) is 13.2 Å². The number of fused-ring (bicyclic) bond motifs is 1. The molecule has 0 saturated carbocycles. The third-order valence-electron chi connectivity index (χ3n) is 3.45. The number of hydrogen-bond acceptors (Lipinski definition) is 4. The molecule has 0 bridgehead atoms. The minimum Gasteiger partial charge on any atom is -0.467 e. The Kier molecular flexibility index (Phi) is 4.59. The van der Waals surface area contributed by atoms with Gasteiger partial charge < -0.3 is 15.1 Å². The average molecular weight is 352 g/mol. The summed E-state index contributed by atoms with van der Waals surface area (Å²) in [6.07, 6.45) is -1.89. The molecule has 0 aromatic carbocycles. The van der Waals surface area contributed by atoms with E-state index in [0.29, 0.717) is 24.0 Å². The number of aliphatic imine (C=N–C) groups is 1. The van der Waals surface area contributed by atoms with E-state index in [1.165, 1.54) is 10.5 Å². The molecular formula is C15H15F3N6O. The average Bonchev–Trinajstić information content (AvgIpc) is 3.23. The third-order valence-corrected chi connectivity index (χ3v) is 3.45. The number of furan rings is 1. The van der Waals surface area contributed by atoms with Gasteiger partial charge in [0.1, 0.15) is 5.76 Å². The van der Waals surface area contributed by atoms with Crippen molar-refractivity contribution in [1.82, 2.24) is 25.2 Å². The lowest BCUT2D eigenvalue weighted by Crippen LogP contribution is -2.36. The van der Waals surface area contributed by atoms with E-state index in [0.717, 1.165) is 18.0 Å². The predicted octanol–water partition coefficient (Wildman–Crippen LogP) is 2.21. The first-order valence-corrected chi connectivity index (χ1v) is 7.35. The summed E-state index contributed by atoms with van der Waals surface area (Å²) in [6.45, 7) is 0.575. The van der Waals surface area contributed by atoms with Crippen molar-refractivity contribution in [3.8, 4) is 0 Å². The number of nitrogens with one attached hydrogen (secondary N) is 2. The monoisotopic (exact) mass is 352 g/mol. The molecule has 7 nitrogen and oxygen atoms in total. The summed E-state index contributed by atoms with van der Waals surface area (Å²) in [6, 6.07) is 5.84. The molecule has 132 valence electrons. The maximum absolute atomic E-state index is 12.8. The molecule has 0 spiro atoms. The molecule has 0 aliphatic carbocycles. The van der Waals surface area contributed by atoms with Gasteiger partial charge in [-0.25, -0.2) is 0 Å². The number of aromatic nitrogens is 3. The Hall–Kier alpha value is -3.04. The molecule has 25 heavy (non-hydrogen) atoms.